The molecule has 6 heteroatoms. The van der Waals surface area contributed by atoms with E-state index in [-0.39, 0.29) is 11.8 Å². The first-order valence-corrected chi connectivity index (χ1v) is 7.05. The van der Waals surface area contributed by atoms with Crippen molar-refractivity contribution >= 4 is 17.3 Å². The van der Waals surface area contributed by atoms with Crippen LogP contribution in [0.1, 0.15) is 19.8 Å². The second-order valence-electron chi connectivity index (χ2n) is 5.44. The number of nitrogens with two attached hydrogens (primary N) is 2. The monoisotopic (exact) mass is 293 g/mol. The number of nitrogens with zero attached hydrogens (tertiary/aromatic N) is 1. The molecule has 0 aromatic heterocycles. The Bertz CT molecular complexity index is 533. The molecule has 1 saturated heterocycles. The van der Waals surface area contributed by atoms with Crippen LogP contribution in [-0.4, -0.2) is 32.7 Å². The number of hydrogen-bond acceptors (Lipinski definition) is 5. The average Bonchev–Trinajstić information content (AvgIpc) is 2.47. The van der Waals surface area contributed by atoms with Crippen molar-refractivity contribution in [1.29, 1.82) is 0 Å². The van der Waals surface area contributed by atoms with Gasteiger partial charge in [-0.05, 0) is 19.8 Å². The van der Waals surface area contributed by atoms with Crippen molar-refractivity contribution in [3.05, 3.63) is 12.1 Å². The average molecular weight is 293 g/mol. The zero-order chi connectivity index (χ0) is 15.6. The fourth-order valence-electron chi connectivity index (χ4n) is 2.81. The van der Waals surface area contributed by atoms with Crippen molar-refractivity contribution in [2.45, 2.75) is 25.8 Å². The van der Waals surface area contributed by atoms with E-state index in [4.69, 9.17) is 20.9 Å². The van der Waals surface area contributed by atoms with Crippen molar-refractivity contribution in [1.82, 2.24) is 0 Å². The predicted molar refractivity (Wildman–Crippen MR) is 82.7 cm³/mol. The molecule has 1 heterocycles. The minimum absolute atomic E-state index is 0.145. The summed E-state index contributed by atoms with van der Waals surface area (Å²) in [7, 11) is 3.16. The predicted octanol–water partition coefficient (Wildman–Crippen LogP) is 1.38. The number of piperidine rings is 1. The zero-order valence-corrected chi connectivity index (χ0v) is 12.8. The number of ether oxygens (including phenoxy) is 2. The normalized spacial score (nSPS) is 22.0. The fraction of sp³-hybridized carbons (Fsp3) is 0.533. The van der Waals surface area contributed by atoms with Gasteiger partial charge in [-0.3, -0.25) is 4.79 Å². The van der Waals surface area contributed by atoms with Gasteiger partial charge in [-0.15, -0.1) is 0 Å². The third-order valence-corrected chi connectivity index (χ3v) is 4.13. The van der Waals surface area contributed by atoms with Gasteiger partial charge in [-0.1, -0.05) is 0 Å². The van der Waals surface area contributed by atoms with Gasteiger partial charge in [0.15, 0.2) is 11.5 Å². The second-order valence-corrected chi connectivity index (χ2v) is 5.44. The van der Waals surface area contributed by atoms with Gasteiger partial charge in [0.05, 0.1) is 31.5 Å². The lowest BCUT2D eigenvalue weighted by Crippen LogP contribution is -2.46. The molecule has 116 valence electrons. The maximum atomic E-state index is 11.5. The van der Waals surface area contributed by atoms with Gasteiger partial charge < -0.3 is 25.8 Å². The van der Waals surface area contributed by atoms with Crippen molar-refractivity contribution in [3.63, 3.8) is 0 Å². The number of primary amides is 1. The molecule has 4 N–H and O–H groups in total. The number of carbonyl (C=O) groups excluding carboxylic acids is 1. The highest BCUT2D eigenvalue weighted by Crippen LogP contribution is 2.39. The summed E-state index contributed by atoms with van der Waals surface area (Å²) in [4.78, 5) is 13.6. The van der Waals surface area contributed by atoms with Crippen LogP contribution in [0.25, 0.3) is 0 Å². The standard InChI is InChI=1S/C15H23N3O3/c1-9-4-5-10(15(17)19)8-18(9)12-7-14(21-3)13(20-2)6-11(12)16/h6-7,9-10H,4-5,8,16H2,1-3H3,(H2,17,19). The number of benzene rings is 1. The molecule has 1 amide bonds. The molecule has 1 aromatic rings. The minimum atomic E-state index is -0.258. The lowest BCUT2D eigenvalue weighted by molar-refractivity contribution is -0.122. The zero-order valence-electron chi connectivity index (χ0n) is 12.8. The van der Waals surface area contributed by atoms with Gasteiger partial charge >= 0.3 is 0 Å². The van der Waals surface area contributed by atoms with Crippen LogP contribution in [0.3, 0.4) is 0 Å². The largest absolute Gasteiger partial charge is 0.493 e. The summed E-state index contributed by atoms with van der Waals surface area (Å²) in [5, 5.41) is 0. The number of hydrogen-bond donors (Lipinski definition) is 2. The van der Waals surface area contributed by atoms with Crippen molar-refractivity contribution in [2.75, 3.05) is 31.4 Å². The number of anilines is 2. The Balaban J connectivity index is 2.37. The first-order valence-electron chi connectivity index (χ1n) is 7.05. The summed E-state index contributed by atoms with van der Waals surface area (Å²) < 4.78 is 10.6. The van der Waals surface area contributed by atoms with Crippen molar-refractivity contribution < 1.29 is 14.3 Å². The van der Waals surface area contributed by atoms with Crippen LogP contribution in [0.4, 0.5) is 11.4 Å². The Morgan fingerprint density at radius 3 is 2.43 bits per heavy atom. The van der Waals surface area contributed by atoms with Crippen molar-refractivity contribution in [3.8, 4) is 11.5 Å². The van der Waals surface area contributed by atoms with Crippen LogP contribution in [0, 0.1) is 5.92 Å². The molecule has 21 heavy (non-hydrogen) atoms. The third-order valence-electron chi connectivity index (χ3n) is 4.13. The van der Waals surface area contributed by atoms with Crippen molar-refractivity contribution in [2.24, 2.45) is 11.7 Å². The maximum Gasteiger partial charge on any atom is 0.222 e. The molecule has 6 nitrogen and oxygen atoms in total. The van der Waals surface area contributed by atoms with Gasteiger partial charge in [0, 0.05) is 24.7 Å². The first-order chi connectivity index (χ1) is 9.97. The molecule has 0 radical (unpaired) electrons. The third kappa shape index (κ3) is 2.99. The lowest BCUT2D eigenvalue weighted by atomic mass is 9.92. The van der Waals surface area contributed by atoms with Crippen LogP contribution in [0.2, 0.25) is 0 Å². The Labute approximate surface area is 125 Å². The molecular weight excluding hydrogens is 270 g/mol. The van der Waals surface area contributed by atoms with E-state index in [0.717, 1.165) is 18.5 Å². The SMILES string of the molecule is COc1cc(N)c(N2CC(C(N)=O)CCC2C)cc1OC. The number of amides is 1. The molecule has 1 aromatic carbocycles. The molecule has 2 rings (SSSR count). The summed E-state index contributed by atoms with van der Waals surface area (Å²) >= 11 is 0. The fourth-order valence-corrected chi connectivity index (χ4v) is 2.81. The smallest absolute Gasteiger partial charge is 0.222 e. The first kappa shape index (κ1) is 15.3. The molecule has 2 atom stereocenters. The quantitative estimate of drug-likeness (QED) is 0.818. The Kier molecular flexibility index (Phi) is 4.45. The van der Waals surface area contributed by atoms with E-state index in [9.17, 15) is 4.79 Å². The number of nitrogen functional groups attached to an aromatic ring is 1. The number of methoxy groups -OCH3 is 2. The molecule has 1 fully saturated rings. The summed E-state index contributed by atoms with van der Waals surface area (Å²) in [6.45, 7) is 2.70. The summed E-state index contributed by atoms with van der Waals surface area (Å²) in [6, 6.07) is 3.89. The highest BCUT2D eigenvalue weighted by atomic mass is 16.5. The molecule has 2 unspecified atom stereocenters. The van der Waals surface area contributed by atoms with Gasteiger partial charge in [0.25, 0.3) is 0 Å². The molecular formula is C15H23N3O3. The highest BCUT2D eigenvalue weighted by molar-refractivity contribution is 5.79. The van der Waals surface area contributed by atoms with Crippen LogP contribution < -0.4 is 25.8 Å². The van der Waals surface area contributed by atoms with Gasteiger partial charge in [0.1, 0.15) is 0 Å². The molecule has 0 aliphatic carbocycles. The summed E-state index contributed by atoms with van der Waals surface area (Å²) in [6.07, 6.45) is 1.72. The van der Waals surface area contributed by atoms with E-state index in [1.807, 2.05) is 6.07 Å². The maximum absolute atomic E-state index is 11.5. The Morgan fingerprint density at radius 2 is 1.86 bits per heavy atom. The summed E-state index contributed by atoms with van der Waals surface area (Å²) in [5.41, 5.74) is 13.0. The van der Waals surface area contributed by atoms with Crippen LogP contribution >= 0.6 is 0 Å². The van der Waals surface area contributed by atoms with Crippen LogP contribution in [0.15, 0.2) is 12.1 Å². The highest BCUT2D eigenvalue weighted by Gasteiger charge is 2.30. The molecule has 0 bridgehead atoms. The minimum Gasteiger partial charge on any atom is -0.493 e. The second kappa shape index (κ2) is 6.11. The molecule has 1 aliphatic heterocycles. The Morgan fingerprint density at radius 1 is 1.24 bits per heavy atom. The van der Waals surface area contributed by atoms with E-state index >= 15 is 0 Å². The Hall–Kier alpha value is -2.11. The van der Waals surface area contributed by atoms with Gasteiger partial charge in [-0.2, -0.15) is 0 Å². The van der Waals surface area contributed by atoms with E-state index in [1.165, 1.54) is 0 Å². The number of carbonyl (C=O) groups is 1. The van der Waals surface area contributed by atoms with E-state index in [0.29, 0.717) is 29.8 Å². The van der Waals surface area contributed by atoms with E-state index < -0.39 is 0 Å². The van der Waals surface area contributed by atoms with Crippen LogP contribution in [-0.2, 0) is 4.79 Å². The lowest BCUT2D eigenvalue weighted by Gasteiger charge is -2.39. The van der Waals surface area contributed by atoms with E-state index in [2.05, 4.69) is 11.8 Å². The topological polar surface area (TPSA) is 90.8 Å². The van der Waals surface area contributed by atoms with Gasteiger partial charge in [0.2, 0.25) is 5.91 Å². The molecule has 0 spiro atoms. The van der Waals surface area contributed by atoms with Crippen LogP contribution in [0.5, 0.6) is 11.5 Å². The summed E-state index contributed by atoms with van der Waals surface area (Å²) in [5.74, 6) is 0.810. The number of rotatable bonds is 4. The van der Waals surface area contributed by atoms with Gasteiger partial charge in [-0.25, -0.2) is 0 Å². The van der Waals surface area contributed by atoms with E-state index in [1.54, 1.807) is 20.3 Å². The molecule has 1 aliphatic rings. The molecule has 0 saturated carbocycles.